The van der Waals surface area contributed by atoms with Crippen LogP contribution in [0.3, 0.4) is 0 Å². The SMILES string of the molecule is CC1=CC(=O)c2c(c(-c3ccccc3)n(C)c2-c2ccccc2)C1=O. The summed E-state index contributed by atoms with van der Waals surface area (Å²) < 4.78 is 1.97. The Labute approximate surface area is 146 Å². The zero-order chi connectivity index (χ0) is 17.6. The topological polar surface area (TPSA) is 39.1 Å². The van der Waals surface area contributed by atoms with Crippen LogP contribution in [0.25, 0.3) is 22.5 Å². The fourth-order valence-electron chi connectivity index (χ4n) is 3.54. The first-order valence-corrected chi connectivity index (χ1v) is 8.20. The van der Waals surface area contributed by atoms with Gasteiger partial charge in [0, 0.05) is 12.6 Å². The number of rotatable bonds is 2. The second-order valence-electron chi connectivity index (χ2n) is 6.26. The summed E-state index contributed by atoms with van der Waals surface area (Å²) in [6.45, 7) is 1.70. The van der Waals surface area contributed by atoms with Gasteiger partial charge in [0.2, 0.25) is 0 Å². The third kappa shape index (κ3) is 2.28. The maximum Gasteiger partial charge on any atom is 0.191 e. The van der Waals surface area contributed by atoms with Gasteiger partial charge in [0.1, 0.15) is 0 Å². The van der Waals surface area contributed by atoms with Crippen LogP contribution < -0.4 is 0 Å². The van der Waals surface area contributed by atoms with E-state index in [9.17, 15) is 9.59 Å². The highest BCUT2D eigenvalue weighted by Gasteiger charge is 2.34. The first-order chi connectivity index (χ1) is 12.1. The Balaban J connectivity index is 2.12. The van der Waals surface area contributed by atoms with Crippen LogP contribution in [-0.2, 0) is 7.05 Å². The molecule has 0 bridgehead atoms. The van der Waals surface area contributed by atoms with Crippen molar-refractivity contribution in [1.29, 1.82) is 0 Å². The van der Waals surface area contributed by atoms with Gasteiger partial charge in [-0.25, -0.2) is 0 Å². The lowest BCUT2D eigenvalue weighted by Gasteiger charge is -2.11. The van der Waals surface area contributed by atoms with Gasteiger partial charge >= 0.3 is 0 Å². The Kier molecular flexibility index (Phi) is 3.50. The van der Waals surface area contributed by atoms with Crippen molar-refractivity contribution >= 4 is 11.6 Å². The average Bonchev–Trinajstić information content (AvgIpc) is 2.95. The number of allylic oxidation sites excluding steroid dienone is 2. The standard InChI is InChI=1S/C22H17NO2/c1-14-13-17(24)18-19(22(14)25)21(16-11-7-4-8-12-16)23(2)20(18)15-9-5-3-6-10-15/h3-13H,1-2H3. The fourth-order valence-corrected chi connectivity index (χ4v) is 3.54. The van der Waals surface area contributed by atoms with Crippen molar-refractivity contribution in [1.82, 2.24) is 4.57 Å². The van der Waals surface area contributed by atoms with Gasteiger partial charge in [0.25, 0.3) is 0 Å². The summed E-state index contributed by atoms with van der Waals surface area (Å²) in [7, 11) is 1.92. The second kappa shape index (κ2) is 5.71. The molecule has 0 spiro atoms. The Morgan fingerprint density at radius 2 is 1.20 bits per heavy atom. The van der Waals surface area contributed by atoms with Gasteiger partial charge in [-0.2, -0.15) is 0 Å². The molecule has 0 saturated heterocycles. The summed E-state index contributed by atoms with van der Waals surface area (Å²) >= 11 is 0. The number of nitrogens with zero attached hydrogens (tertiary/aromatic N) is 1. The predicted octanol–water partition coefficient (Wildman–Crippen LogP) is 4.68. The van der Waals surface area contributed by atoms with Crippen LogP contribution in [0.15, 0.2) is 72.3 Å². The summed E-state index contributed by atoms with van der Waals surface area (Å²) in [5.74, 6) is -0.185. The van der Waals surface area contributed by atoms with E-state index in [1.807, 2.05) is 72.3 Å². The van der Waals surface area contributed by atoms with E-state index in [1.54, 1.807) is 6.92 Å². The van der Waals surface area contributed by atoms with Crippen molar-refractivity contribution < 1.29 is 9.59 Å². The molecule has 0 fully saturated rings. The Hall–Kier alpha value is -3.20. The zero-order valence-electron chi connectivity index (χ0n) is 14.1. The summed E-state index contributed by atoms with van der Waals surface area (Å²) in [4.78, 5) is 25.7. The molecule has 1 aromatic heterocycles. The van der Waals surface area contributed by atoms with Crippen molar-refractivity contribution in [3.63, 3.8) is 0 Å². The van der Waals surface area contributed by atoms with E-state index in [-0.39, 0.29) is 11.6 Å². The number of Topliss-reactive ketones (excluding diaryl/α,β-unsaturated/α-hetero) is 1. The lowest BCUT2D eigenvalue weighted by atomic mass is 9.88. The highest BCUT2D eigenvalue weighted by molar-refractivity contribution is 6.28. The second-order valence-corrected chi connectivity index (χ2v) is 6.26. The molecule has 1 heterocycles. The molecule has 3 heteroatoms. The van der Waals surface area contributed by atoms with Crippen LogP contribution in [0.1, 0.15) is 27.6 Å². The molecule has 0 aliphatic heterocycles. The number of hydrogen-bond donors (Lipinski definition) is 0. The van der Waals surface area contributed by atoms with E-state index in [1.165, 1.54) is 6.08 Å². The lowest BCUT2D eigenvalue weighted by molar-refractivity contribution is 0.0986. The molecule has 2 aromatic carbocycles. The maximum atomic E-state index is 12.9. The van der Waals surface area contributed by atoms with E-state index in [0.717, 1.165) is 22.5 Å². The minimum atomic E-state index is -0.108. The number of aromatic nitrogens is 1. The minimum Gasteiger partial charge on any atom is -0.342 e. The van der Waals surface area contributed by atoms with Gasteiger partial charge in [0.15, 0.2) is 11.6 Å². The lowest BCUT2D eigenvalue weighted by Crippen LogP contribution is -2.14. The molecule has 0 unspecified atom stereocenters. The van der Waals surface area contributed by atoms with E-state index < -0.39 is 0 Å². The normalized spacial score (nSPS) is 13.6. The molecular formula is C22H17NO2. The summed E-state index contributed by atoms with van der Waals surface area (Å²) in [5.41, 5.74) is 4.94. The third-order valence-electron chi connectivity index (χ3n) is 4.67. The van der Waals surface area contributed by atoms with Crippen LogP contribution in [0.5, 0.6) is 0 Å². The molecule has 25 heavy (non-hydrogen) atoms. The molecule has 0 N–H and O–H groups in total. The van der Waals surface area contributed by atoms with E-state index in [4.69, 9.17) is 0 Å². The monoisotopic (exact) mass is 327 g/mol. The molecule has 0 amide bonds. The summed E-state index contributed by atoms with van der Waals surface area (Å²) in [5, 5.41) is 0. The van der Waals surface area contributed by atoms with Crippen LogP contribution in [0.4, 0.5) is 0 Å². The molecule has 0 radical (unpaired) electrons. The van der Waals surface area contributed by atoms with Crippen molar-refractivity contribution in [2.75, 3.05) is 0 Å². The first kappa shape index (κ1) is 15.3. The average molecular weight is 327 g/mol. The molecule has 0 saturated carbocycles. The quantitative estimate of drug-likeness (QED) is 0.685. The van der Waals surface area contributed by atoms with Crippen LogP contribution in [0.2, 0.25) is 0 Å². The molecule has 3 aromatic rings. The highest BCUT2D eigenvalue weighted by atomic mass is 16.1. The number of benzene rings is 2. The van der Waals surface area contributed by atoms with Crippen molar-refractivity contribution in [2.45, 2.75) is 6.92 Å². The summed E-state index contributed by atoms with van der Waals surface area (Å²) in [6.07, 6.45) is 1.45. The number of ketones is 2. The highest BCUT2D eigenvalue weighted by Crippen LogP contribution is 2.40. The van der Waals surface area contributed by atoms with E-state index in [2.05, 4.69) is 0 Å². The van der Waals surface area contributed by atoms with Gasteiger partial charge in [0.05, 0.1) is 22.5 Å². The third-order valence-corrected chi connectivity index (χ3v) is 4.67. The van der Waals surface area contributed by atoms with Gasteiger partial charge in [-0.3, -0.25) is 9.59 Å². The number of fused-ring (bicyclic) bond motifs is 1. The van der Waals surface area contributed by atoms with Crippen molar-refractivity contribution in [2.24, 2.45) is 7.05 Å². The molecule has 122 valence electrons. The van der Waals surface area contributed by atoms with Crippen molar-refractivity contribution in [3.05, 3.63) is 83.4 Å². The van der Waals surface area contributed by atoms with Crippen LogP contribution in [-0.4, -0.2) is 16.1 Å². The van der Waals surface area contributed by atoms with Gasteiger partial charge < -0.3 is 4.57 Å². The molecule has 1 aliphatic carbocycles. The number of carbonyl (C=O) groups excluding carboxylic acids is 2. The first-order valence-electron chi connectivity index (χ1n) is 8.20. The van der Waals surface area contributed by atoms with Gasteiger partial charge in [-0.1, -0.05) is 60.7 Å². The maximum absolute atomic E-state index is 12.9. The Morgan fingerprint density at radius 3 is 1.72 bits per heavy atom. The van der Waals surface area contributed by atoms with Crippen LogP contribution in [0, 0.1) is 0 Å². The Morgan fingerprint density at radius 1 is 0.720 bits per heavy atom. The minimum absolute atomic E-state index is 0.0776. The number of carbonyl (C=O) groups is 2. The smallest absolute Gasteiger partial charge is 0.191 e. The fraction of sp³-hybridized carbons (Fsp3) is 0.0909. The molecule has 1 aliphatic rings. The van der Waals surface area contributed by atoms with Crippen LogP contribution >= 0.6 is 0 Å². The summed E-state index contributed by atoms with van der Waals surface area (Å²) in [6, 6.07) is 19.5. The van der Waals surface area contributed by atoms with Crippen molar-refractivity contribution in [3.8, 4) is 22.5 Å². The molecule has 0 atom stereocenters. The Bertz CT molecular complexity index is 1020. The zero-order valence-corrected chi connectivity index (χ0v) is 14.1. The van der Waals surface area contributed by atoms with E-state index in [0.29, 0.717) is 16.7 Å². The number of hydrogen-bond acceptors (Lipinski definition) is 2. The largest absolute Gasteiger partial charge is 0.342 e. The predicted molar refractivity (Wildman–Crippen MR) is 98.7 cm³/mol. The molecule has 3 nitrogen and oxygen atoms in total. The van der Waals surface area contributed by atoms with E-state index >= 15 is 0 Å². The van der Waals surface area contributed by atoms with Gasteiger partial charge in [-0.15, -0.1) is 0 Å². The van der Waals surface area contributed by atoms with Gasteiger partial charge in [-0.05, 0) is 24.1 Å². The molecular weight excluding hydrogens is 310 g/mol. The molecule has 4 rings (SSSR count).